The third kappa shape index (κ3) is 3.44. The van der Waals surface area contributed by atoms with Crippen molar-refractivity contribution in [2.75, 3.05) is 4.90 Å². The molecule has 0 aliphatic heterocycles. The van der Waals surface area contributed by atoms with E-state index in [1.54, 1.807) is 0 Å². The second-order valence-electron chi connectivity index (χ2n) is 6.56. The van der Waals surface area contributed by atoms with Crippen molar-refractivity contribution in [3.05, 3.63) is 29.8 Å². The Kier molecular flexibility index (Phi) is 4.76. The number of carbonyl (C=O) groups excluding carboxylic acids is 1. The molecule has 1 saturated carbocycles. The Hall–Kier alpha value is -1.75. The van der Waals surface area contributed by atoms with Gasteiger partial charge in [-0.2, -0.15) is 0 Å². The first-order chi connectivity index (χ1) is 11.1. The van der Waals surface area contributed by atoms with Crippen LogP contribution < -0.4 is 4.90 Å². The highest BCUT2D eigenvalue weighted by Gasteiger charge is 2.31. The predicted octanol–water partition coefficient (Wildman–Crippen LogP) is 4.45. The third-order valence-electron chi connectivity index (χ3n) is 4.31. The first kappa shape index (κ1) is 16.1. The number of aryl methyl sites for hydroxylation is 1. The van der Waals surface area contributed by atoms with Gasteiger partial charge in [0.2, 0.25) is 11.0 Å². The second-order valence-corrected chi connectivity index (χ2v) is 7.52. The SMILES string of the molecule is Cc1cccc(-c2nnc(N(C(=O)C(C)C)C3CCCC3)s2)c1. The maximum Gasteiger partial charge on any atom is 0.231 e. The summed E-state index contributed by atoms with van der Waals surface area (Å²) in [6.07, 6.45) is 4.52. The van der Waals surface area contributed by atoms with Gasteiger partial charge in [0.05, 0.1) is 0 Å². The molecule has 1 aromatic carbocycles. The molecule has 0 saturated heterocycles. The maximum absolute atomic E-state index is 12.7. The molecule has 1 heterocycles. The average molecular weight is 329 g/mol. The fourth-order valence-electron chi connectivity index (χ4n) is 3.08. The first-order valence-corrected chi connectivity index (χ1v) is 9.11. The van der Waals surface area contributed by atoms with E-state index in [0.717, 1.165) is 28.5 Å². The van der Waals surface area contributed by atoms with Gasteiger partial charge in [-0.25, -0.2) is 0 Å². The van der Waals surface area contributed by atoms with Crippen molar-refractivity contribution < 1.29 is 4.79 Å². The summed E-state index contributed by atoms with van der Waals surface area (Å²) < 4.78 is 0. The summed E-state index contributed by atoms with van der Waals surface area (Å²) in [5.74, 6) is 0.130. The first-order valence-electron chi connectivity index (χ1n) is 8.30. The molecule has 0 spiro atoms. The van der Waals surface area contributed by atoms with Gasteiger partial charge in [-0.05, 0) is 25.8 Å². The van der Waals surface area contributed by atoms with Crippen LogP contribution in [-0.2, 0) is 4.79 Å². The van der Waals surface area contributed by atoms with Crippen LogP contribution in [0.1, 0.15) is 45.1 Å². The lowest BCUT2D eigenvalue weighted by atomic mass is 10.1. The summed E-state index contributed by atoms with van der Waals surface area (Å²) in [6.45, 7) is 5.97. The molecule has 1 fully saturated rings. The quantitative estimate of drug-likeness (QED) is 0.833. The topological polar surface area (TPSA) is 46.1 Å². The molecule has 0 N–H and O–H groups in total. The molecular formula is C18H23N3OS. The molecule has 1 aliphatic carbocycles. The van der Waals surface area contributed by atoms with Gasteiger partial charge < -0.3 is 0 Å². The summed E-state index contributed by atoms with van der Waals surface area (Å²) in [5.41, 5.74) is 2.27. The van der Waals surface area contributed by atoms with E-state index in [4.69, 9.17) is 0 Å². The Bertz CT molecular complexity index is 689. The van der Waals surface area contributed by atoms with Crippen molar-refractivity contribution in [3.63, 3.8) is 0 Å². The zero-order valence-corrected chi connectivity index (χ0v) is 14.8. The minimum absolute atomic E-state index is 0.0260. The van der Waals surface area contributed by atoms with E-state index >= 15 is 0 Å². The summed E-state index contributed by atoms with van der Waals surface area (Å²) >= 11 is 1.52. The summed E-state index contributed by atoms with van der Waals surface area (Å²) in [6, 6.07) is 8.53. The summed E-state index contributed by atoms with van der Waals surface area (Å²) in [5, 5.41) is 10.3. The van der Waals surface area contributed by atoms with Crippen LogP contribution in [0.3, 0.4) is 0 Å². The van der Waals surface area contributed by atoms with Crippen LogP contribution in [0, 0.1) is 12.8 Å². The van der Waals surface area contributed by atoms with Gasteiger partial charge in [-0.3, -0.25) is 9.69 Å². The van der Waals surface area contributed by atoms with Crippen LogP contribution >= 0.6 is 11.3 Å². The van der Waals surface area contributed by atoms with Crippen LogP contribution in [0.5, 0.6) is 0 Å². The number of amides is 1. The number of carbonyl (C=O) groups is 1. The van der Waals surface area contributed by atoms with E-state index in [1.165, 1.54) is 29.7 Å². The zero-order valence-electron chi connectivity index (χ0n) is 14.0. The Morgan fingerprint density at radius 1 is 1.26 bits per heavy atom. The molecular weight excluding hydrogens is 306 g/mol. The number of hydrogen-bond donors (Lipinski definition) is 0. The molecule has 0 unspecified atom stereocenters. The standard InChI is InChI=1S/C18H23N3OS/c1-12(2)17(22)21(15-9-4-5-10-15)18-20-19-16(23-18)14-8-6-7-13(3)11-14/h6-8,11-12,15H,4-5,9-10H2,1-3H3. The fraction of sp³-hybridized carbons (Fsp3) is 0.500. The van der Waals surface area contributed by atoms with E-state index in [-0.39, 0.29) is 17.9 Å². The molecule has 1 aromatic heterocycles. The molecule has 1 aliphatic rings. The second kappa shape index (κ2) is 6.79. The number of benzene rings is 1. The lowest BCUT2D eigenvalue weighted by Gasteiger charge is -2.27. The van der Waals surface area contributed by atoms with E-state index in [2.05, 4.69) is 29.3 Å². The van der Waals surface area contributed by atoms with Gasteiger partial charge in [0.1, 0.15) is 5.01 Å². The van der Waals surface area contributed by atoms with Crippen molar-refractivity contribution in [3.8, 4) is 10.6 Å². The fourth-order valence-corrected chi connectivity index (χ4v) is 4.00. The van der Waals surface area contributed by atoms with Gasteiger partial charge in [0.15, 0.2) is 0 Å². The molecule has 23 heavy (non-hydrogen) atoms. The smallest absolute Gasteiger partial charge is 0.231 e. The molecule has 0 radical (unpaired) electrons. The van der Waals surface area contributed by atoms with E-state index < -0.39 is 0 Å². The van der Waals surface area contributed by atoms with Crippen LogP contribution in [0.25, 0.3) is 10.6 Å². The number of anilines is 1. The van der Waals surface area contributed by atoms with Crippen molar-refractivity contribution in [1.82, 2.24) is 10.2 Å². The van der Waals surface area contributed by atoms with Gasteiger partial charge in [-0.15, -0.1) is 10.2 Å². The molecule has 1 amide bonds. The third-order valence-corrected chi connectivity index (χ3v) is 5.28. The van der Waals surface area contributed by atoms with Crippen LogP contribution in [0.2, 0.25) is 0 Å². The Labute approximate surface area is 141 Å². The molecule has 122 valence electrons. The van der Waals surface area contributed by atoms with Gasteiger partial charge in [0, 0.05) is 17.5 Å². The Morgan fingerprint density at radius 3 is 2.65 bits per heavy atom. The highest BCUT2D eigenvalue weighted by atomic mass is 32.1. The Balaban J connectivity index is 1.92. The average Bonchev–Trinajstić information content (AvgIpc) is 3.19. The molecule has 0 atom stereocenters. The number of hydrogen-bond acceptors (Lipinski definition) is 4. The van der Waals surface area contributed by atoms with Crippen LogP contribution in [0.4, 0.5) is 5.13 Å². The number of nitrogens with zero attached hydrogens (tertiary/aromatic N) is 3. The zero-order chi connectivity index (χ0) is 16.4. The summed E-state index contributed by atoms with van der Waals surface area (Å²) in [4.78, 5) is 14.6. The highest BCUT2D eigenvalue weighted by molar-refractivity contribution is 7.18. The molecule has 2 aromatic rings. The molecule has 0 bridgehead atoms. The monoisotopic (exact) mass is 329 g/mol. The lowest BCUT2D eigenvalue weighted by molar-refractivity contribution is -0.121. The van der Waals surface area contributed by atoms with Crippen molar-refractivity contribution in [2.24, 2.45) is 5.92 Å². The minimum atomic E-state index is -0.0260. The van der Waals surface area contributed by atoms with E-state index in [0.29, 0.717) is 0 Å². The molecule has 4 nitrogen and oxygen atoms in total. The van der Waals surface area contributed by atoms with Crippen molar-refractivity contribution >= 4 is 22.4 Å². The van der Waals surface area contributed by atoms with E-state index in [9.17, 15) is 4.79 Å². The number of rotatable bonds is 4. The van der Waals surface area contributed by atoms with Crippen LogP contribution in [-0.4, -0.2) is 22.1 Å². The van der Waals surface area contributed by atoms with Crippen molar-refractivity contribution in [2.45, 2.75) is 52.5 Å². The summed E-state index contributed by atoms with van der Waals surface area (Å²) in [7, 11) is 0. The highest BCUT2D eigenvalue weighted by Crippen LogP contribution is 2.34. The number of aromatic nitrogens is 2. The lowest BCUT2D eigenvalue weighted by Crippen LogP contribution is -2.41. The predicted molar refractivity (Wildman–Crippen MR) is 94.7 cm³/mol. The molecule has 3 rings (SSSR count). The Morgan fingerprint density at radius 2 is 2.00 bits per heavy atom. The minimum Gasteiger partial charge on any atom is -0.283 e. The van der Waals surface area contributed by atoms with Gasteiger partial charge in [-0.1, -0.05) is 61.8 Å². The van der Waals surface area contributed by atoms with Gasteiger partial charge in [0.25, 0.3) is 0 Å². The maximum atomic E-state index is 12.7. The largest absolute Gasteiger partial charge is 0.283 e. The van der Waals surface area contributed by atoms with Gasteiger partial charge >= 0.3 is 0 Å². The van der Waals surface area contributed by atoms with Crippen LogP contribution in [0.15, 0.2) is 24.3 Å². The normalized spacial score (nSPS) is 15.3. The molecule has 5 heteroatoms. The van der Waals surface area contributed by atoms with E-state index in [1.807, 2.05) is 30.9 Å². The van der Waals surface area contributed by atoms with Crippen molar-refractivity contribution in [1.29, 1.82) is 0 Å².